The van der Waals surface area contributed by atoms with Gasteiger partial charge in [0.25, 0.3) is 0 Å². The Bertz CT molecular complexity index is 355. The third kappa shape index (κ3) is 2.43. The van der Waals surface area contributed by atoms with Gasteiger partial charge in [-0.05, 0) is 13.6 Å². The minimum Gasteiger partial charge on any atom is -0.363 e. The molecule has 0 aromatic rings. The Kier molecular flexibility index (Phi) is 4.18. The molecule has 0 aromatic carbocycles. The van der Waals surface area contributed by atoms with Crippen LogP contribution >= 0.6 is 15.2 Å². The molecule has 0 bridgehead atoms. The predicted molar refractivity (Wildman–Crippen MR) is 52.3 cm³/mol. The summed E-state index contributed by atoms with van der Waals surface area (Å²) in [6, 6.07) is 0. The SMILES string of the molecule is C=NC(=CC)C(O)(P(=O)(O)O)P(=O)(O)O. The largest absolute Gasteiger partial charge is 0.375 e. The number of aliphatic hydroxyl groups is 1. The molecule has 0 aliphatic rings. The monoisotopic (exact) mass is 259 g/mol. The zero-order valence-electron chi connectivity index (χ0n) is 7.68. The summed E-state index contributed by atoms with van der Waals surface area (Å²) in [7, 11) is -11.0. The molecule has 0 amide bonds. The van der Waals surface area contributed by atoms with Crippen LogP contribution in [0.2, 0.25) is 0 Å². The first-order chi connectivity index (χ1) is 6.52. The van der Waals surface area contributed by atoms with Gasteiger partial charge in [-0.25, -0.2) is 0 Å². The molecule has 15 heavy (non-hydrogen) atoms. The highest BCUT2D eigenvalue weighted by Crippen LogP contribution is 2.70. The van der Waals surface area contributed by atoms with Crippen molar-refractivity contribution in [2.75, 3.05) is 0 Å². The highest BCUT2D eigenvalue weighted by Gasteiger charge is 2.62. The van der Waals surface area contributed by atoms with E-state index in [-0.39, 0.29) is 0 Å². The van der Waals surface area contributed by atoms with Gasteiger partial charge in [0.05, 0.1) is 5.70 Å². The van der Waals surface area contributed by atoms with Crippen LogP contribution in [0.15, 0.2) is 16.8 Å². The summed E-state index contributed by atoms with van der Waals surface area (Å²) < 4.78 is 21.8. The van der Waals surface area contributed by atoms with Crippen molar-refractivity contribution in [3.63, 3.8) is 0 Å². The van der Waals surface area contributed by atoms with E-state index in [4.69, 9.17) is 19.6 Å². The standard InChI is InChI=1S/C5H11NO7P2/c1-3-4(6-2)5(7,14(8,9)10)15(11,12)13/h3,7H,2H2,1H3,(H2,8,9,10)(H2,11,12,13). The van der Waals surface area contributed by atoms with Crippen LogP contribution < -0.4 is 0 Å². The van der Waals surface area contributed by atoms with E-state index in [2.05, 4.69) is 11.7 Å². The third-order valence-corrected chi connectivity index (χ3v) is 5.25. The molecule has 5 N–H and O–H groups in total. The van der Waals surface area contributed by atoms with Crippen LogP contribution in [0.4, 0.5) is 0 Å². The Morgan fingerprint density at radius 3 is 1.67 bits per heavy atom. The van der Waals surface area contributed by atoms with E-state index in [0.717, 1.165) is 6.08 Å². The molecule has 0 saturated heterocycles. The molecular weight excluding hydrogens is 248 g/mol. The number of nitrogens with zero attached hydrogens (tertiary/aromatic N) is 1. The van der Waals surface area contributed by atoms with Gasteiger partial charge in [0, 0.05) is 0 Å². The van der Waals surface area contributed by atoms with Gasteiger partial charge in [-0.3, -0.25) is 14.1 Å². The van der Waals surface area contributed by atoms with E-state index in [1.165, 1.54) is 6.92 Å². The Morgan fingerprint density at radius 2 is 1.60 bits per heavy atom. The van der Waals surface area contributed by atoms with Crippen molar-refractivity contribution in [3.05, 3.63) is 11.8 Å². The average molecular weight is 259 g/mol. The maximum Gasteiger partial charge on any atom is 0.375 e. The van der Waals surface area contributed by atoms with Crippen molar-refractivity contribution < 1.29 is 33.8 Å². The highest BCUT2D eigenvalue weighted by molar-refractivity contribution is 7.72. The predicted octanol–water partition coefficient (Wildman–Crippen LogP) is -0.408. The lowest BCUT2D eigenvalue weighted by Gasteiger charge is -2.29. The fourth-order valence-electron chi connectivity index (χ4n) is 0.859. The molecule has 88 valence electrons. The van der Waals surface area contributed by atoms with Crippen molar-refractivity contribution in [3.8, 4) is 0 Å². The number of rotatable bonds is 4. The summed E-state index contributed by atoms with van der Waals surface area (Å²) in [6.07, 6.45) is 0.852. The summed E-state index contributed by atoms with van der Waals surface area (Å²) in [5.41, 5.74) is -0.871. The van der Waals surface area contributed by atoms with Crippen LogP contribution in [0.1, 0.15) is 6.92 Å². The van der Waals surface area contributed by atoms with Gasteiger partial charge in [0.2, 0.25) is 0 Å². The molecule has 0 atom stereocenters. The van der Waals surface area contributed by atoms with E-state index < -0.39 is 26.0 Å². The van der Waals surface area contributed by atoms with Crippen LogP contribution in [0.5, 0.6) is 0 Å². The third-order valence-electron chi connectivity index (χ3n) is 1.60. The smallest absolute Gasteiger partial charge is 0.363 e. The van der Waals surface area contributed by atoms with Crippen molar-refractivity contribution >= 4 is 21.9 Å². The van der Waals surface area contributed by atoms with Gasteiger partial charge >= 0.3 is 20.3 Å². The van der Waals surface area contributed by atoms with E-state index in [9.17, 15) is 14.2 Å². The molecule has 0 aromatic heterocycles. The quantitative estimate of drug-likeness (QED) is 0.340. The second-order valence-corrected chi connectivity index (χ2v) is 6.38. The summed E-state index contributed by atoms with van der Waals surface area (Å²) in [6.45, 7) is 4.05. The molecule has 0 radical (unpaired) electrons. The summed E-state index contributed by atoms with van der Waals surface area (Å²) in [5, 5.41) is 5.77. The summed E-state index contributed by atoms with van der Waals surface area (Å²) in [4.78, 5) is 38.0. The molecule has 8 nitrogen and oxygen atoms in total. The zero-order chi connectivity index (χ0) is 12.5. The van der Waals surface area contributed by atoms with Crippen molar-refractivity contribution in [1.82, 2.24) is 0 Å². The fraction of sp³-hybridized carbons (Fsp3) is 0.400. The topological polar surface area (TPSA) is 148 Å². The Labute approximate surface area is 85.3 Å². The lowest BCUT2D eigenvalue weighted by Crippen LogP contribution is -2.30. The van der Waals surface area contributed by atoms with E-state index >= 15 is 0 Å². The van der Waals surface area contributed by atoms with Crippen molar-refractivity contribution in [1.29, 1.82) is 0 Å². The van der Waals surface area contributed by atoms with E-state index in [0.29, 0.717) is 0 Å². The molecular formula is C5H11NO7P2. The minimum atomic E-state index is -5.51. The maximum atomic E-state index is 10.9. The number of hydrogen-bond donors (Lipinski definition) is 5. The number of allylic oxidation sites excluding steroid dienone is 1. The van der Waals surface area contributed by atoms with Gasteiger partial charge in [-0.15, -0.1) is 0 Å². The molecule has 0 saturated carbocycles. The highest BCUT2D eigenvalue weighted by atomic mass is 31.2. The molecule has 0 spiro atoms. The van der Waals surface area contributed by atoms with Crippen LogP contribution in [-0.4, -0.2) is 36.5 Å². The van der Waals surface area contributed by atoms with Crippen LogP contribution in [-0.2, 0) is 9.13 Å². The van der Waals surface area contributed by atoms with Gasteiger partial charge in [0.15, 0.2) is 0 Å². The van der Waals surface area contributed by atoms with Gasteiger partial charge < -0.3 is 24.7 Å². The zero-order valence-corrected chi connectivity index (χ0v) is 9.47. The van der Waals surface area contributed by atoms with E-state index in [1.807, 2.05) is 0 Å². The number of aliphatic imine (C=N–C) groups is 1. The van der Waals surface area contributed by atoms with Crippen molar-refractivity contribution in [2.45, 2.75) is 12.0 Å². The average Bonchev–Trinajstić information content (AvgIpc) is 2.02. The molecule has 0 rings (SSSR count). The van der Waals surface area contributed by atoms with Gasteiger partial charge in [-0.1, -0.05) is 6.08 Å². The molecule has 0 aliphatic heterocycles. The lowest BCUT2D eigenvalue weighted by molar-refractivity contribution is 0.158. The minimum absolute atomic E-state index is 0.852. The first-order valence-corrected chi connectivity index (χ1v) is 6.72. The van der Waals surface area contributed by atoms with Gasteiger partial charge in [-0.2, -0.15) is 0 Å². The second kappa shape index (κ2) is 4.27. The first-order valence-electron chi connectivity index (χ1n) is 3.49. The molecule has 0 fully saturated rings. The lowest BCUT2D eigenvalue weighted by atomic mass is 10.4. The Balaban J connectivity index is 5.98. The summed E-state index contributed by atoms with van der Waals surface area (Å²) in [5.74, 6) is 0. The van der Waals surface area contributed by atoms with Crippen LogP contribution in [0.25, 0.3) is 0 Å². The Hall–Kier alpha value is -0.330. The first kappa shape index (κ1) is 14.7. The fourth-order valence-corrected chi connectivity index (χ4v) is 3.21. The molecule has 10 heteroatoms. The normalized spacial score (nSPS) is 15.2. The second-order valence-electron chi connectivity index (χ2n) is 2.56. The summed E-state index contributed by atoms with van der Waals surface area (Å²) >= 11 is 0. The molecule has 0 unspecified atom stereocenters. The van der Waals surface area contributed by atoms with Crippen molar-refractivity contribution in [2.24, 2.45) is 4.99 Å². The Morgan fingerprint density at radius 1 is 1.27 bits per heavy atom. The van der Waals surface area contributed by atoms with Crippen LogP contribution in [0.3, 0.4) is 0 Å². The molecule has 0 aliphatic carbocycles. The maximum absolute atomic E-state index is 10.9. The number of hydrogen-bond acceptors (Lipinski definition) is 4. The van der Waals surface area contributed by atoms with Crippen LogP contribution in [0, 0.1) is 0 Å². The van der Waals surface area contributed by atoms with Gasteiger partial charge in [0.1, 0.15) is 0 Å². The molecule has 0 heterocycles. The van der Waals surface area contributed by atoms with E-state index in [1.54, 1.807) is 0 Å².